The predicted molar refractivity (Wildman–Crippen MR) is 125 cm³/mol. The van der Waals surface area contributed by atoms with Gasteiger partial charge < -0.3 is 25.0 Å². The normalized spacial score (nSPS) is 21.5. The standard InChI is InChI=1S/C23H27N3O8S/c27-20-13-25(14-21(20)34-18-6-4-16(5-7-18)23(29)30)15-22(28)24-17-2-1-3-19(12-17)35(31,32)26-8-10-33-11-9-26/h1-7,12,20-21,27H,8-11,13-15H2,(H,24,28)(H,29,30)/t20-,21-/m1/s1. The van der Waals surface area contributed by atoms with Gasteiger partial charge in [0, 0.05) is 31.9 Å². The van der Waals surface area contributed by atoms with Crippen LogP contribution in [0.15, 0.2) is 53.4 Å². The smallest absolute Gasteiger partial charge is 0.335 e. The van der Waals surface area contributed by atoms with Crippen LogP contribution in [0.5, 0.6) is 5.75 Å². The molecule has 0 unspecified atom stereocenters. The number of sulfonamides is 1. The summed E-state index contributed by atoms with van der Waals surface area (Å²) >= 11 is 0. The largest absolute Gasteiger partial charge is 0.486 e. The van der Waals surface area contributed by atoms with Crippen molar-refractivity contribution >= 4 is 27.6 Å². The lowest BCUT2D eigenvalue weighted by atomic mass is 10.2. The zero-order valence-electron chi connectivity index (χ0n) is 18.9. The van der Waals surface area contributed by atoms with Gasteiger partial charge in [-0.1, -0.05) is 6.07 Å². The molecule has 188 valence electrons. The molecule has 2 saturated heterocycles. The van der Waals surface area contributed by atoms with Crippen molar-refractivity contribution in [2.75, 3.05) is 51.3 Å². The van der Waals surface area contributed by atoms with E-state index >= 15 is 0 Å². The number of aliphatic hydroxyl groups excluding tert-OH is 1. The van der Waals surface area contributed by atoms with Crippen LogP contribution in [-0.4, -0.2) is 97.9 Å². The van der Waals surface area contributed by atoms with Gasteiger partial charge in [0.15, 0.2) is 0 Å². The van der Waals surface area contributed by atoms with E-state index in [9.17, 15) is 23.1 Å². The molecule has 0 aromatic heterocycles. The Morgan fingerprint density at radius 3 is 2.49 bits per heavy atom. The number of ether oxygens (including phenoxy) is 2. The number of amides is 1. The molecule has 2 aliphatic heterocycles. The molecule has 11 nitrogen and oxygen atoms in total. The molecule has 0 spiro atoms. The van der Waals surface area contributed by atoms with Gasteiger partial charge in [-0.05, 0) is 42.5 Å². The quantitative estimate of drug-likeness (QED) is 0.466. The summed E-state index contributed by atoms with van der Waals surface area (Å²) in [4.78, 5) is 25.4. The van der Waals surface area contributed by atoms with Crippen molar-refractivity contribution in [3.63, 3.8) is 0 Å². The van der Waals surface area contributed by atoms with Gasteiger partial charge in [-0.2, -0.15) is 4.31 Å². The van der Waals surface area contributed by atoms with Crippen LogP contribution in [0.2, 0.25) is 0 Å². The minimum Gasteiger partial charge on any atom is -0.486 e. The zero-order chi connectivity index (χ0) is 25.0. The van der Waals surface area contributed by atoms with Crippen LogP contribution >= 0.6 is 0 Å². The molecule has 2 aromatic carbocycles. The number of anilines is 1. The van der Waals surface area contributed by atoms with Gasteiger partial charge in [-0.15, -0.1) is 0 Å². The summed E-state index contributed by atoms with van der Waals surface area (Å²) in [5.74, 6) is -0.980. The summed E-state index contributed by atoms with van der Waals surface area (Å²) in [7, 11) is -3.69. The molecule has 0 saturated carbocycles. The lowest BCUT2D eigenvalue weighted by Gasteiger charge is -2.26. The summed E-state index contributed by atoms with van der Waals surface area (Å²) < 4.78 is 38.1. The average Bonchev–Trinajstić information content (AvgIpc) is 3.18. The summed E-state index contributed by atoms with van der Waals surface area (Å²) in [5, 5.41) is 22.0. The second-order valence-corrected chi connectivity index (χ2v) is 10.3. The molecule has 2 heterocycles. The molecule has 0 aliphatic carbocycles. The van der Waals surface area contributed by atoms with Gasteiger partial charge in [0.25, 0.3) is 0 Å². The number of likely N-dealkylation sites (tertiary alicyclic amines) is 1. The number of hydrogen-bond acceptors (Lipinski definition) is 8. The van der Waals surface area contributed by atoms with E-state index in [1.807, 2.05) is 0 Å². The number of aliphatic hydroxyl groups is 1. The van der Waals surface area contributed by atoms with E-state index in [0.717, 1.165) is 0 Å². The predicted octanol–water partition coefficient (Wildman–Crippen LogP) is 0.468. The highest BCUT2D eigenvalue weighted by molar-refractivity contribution is 7.89. The van der Waals surface area contributed by atoms with Crippen LogP contribution in [0.1, 0.15) is 10.4 Å². The first kappa shape index (κ1) is 25.1. The lowest BCUT2D eigenvalue weighted by Crippen LogP contribution is -2.40. The summed E-state index contributed by atoms with van der Waals surface area (Å²) in [6.45, 7) is 1.74. The number of nitrogens with zero attached hydrogens (tertiary/aromatic N) is 2. The number of morpholine rings is 1. The van der Waals surface area contributed by atoms with Gasteiger partial charge in [-0.25, -0.2) is 13.2 Å². The van der Waals surface area contributed by atoms with Crippen molar-refractivity contribution in [1.29, 1.82) is 0 Å². The SMILES string of the molecule is O=C(CN1C[C@@H](O)[C@H](Oc2ccc(C(=O)O)cc2)C1)Nc1cccc(S(=O)(=O)N2CCOCC2)c1. The number of carbonyl (C=O) groups is 2. The third kappa shape index (κ3) is 6.16. The first-order valence-corrected chi connectivity index (χ1v) is 12.5. The van der Waals surface area contributed by atoms with Gasteiger partial charge in [0.2, 0.25) is 15.9 Å². The monoisotopic (exact) mass is 505 g/mol. The maximum Gasteiger partial charge on any atom is 0.335 e. The third-order valence-electron chi connectivity index (χ3n) is 5.79. The van der Waals surface area contributed by atoms with Crippen LogP contribution in [0.25, 0.3) is 0 Å². The van der Waals surface area contributed by atoms with Crippen molar-refractivity contribution in [3.8, 4) is 5.75 Å². The minimum absolute atomic E-state index is 0.0185. The number of carboxylic acid groups (broad SMARTS) is 1. The van der Waals surface area contributed by atoms with Crippen LogP contribution < -0.4 is 10.1 Å². The number of carbonyl (C=O) groups excluding carboxylic acids is 1. The summed E-state index contributed by atoms with van der Waals surface area (Å²) in [6, 6.07) is 12.0. The van der Waals surface area contributed by atoms with Gasteiger partial charge in [0.05, 0.1) is 30.2 Å². The Bertz CT molecular complexity index is 1170. The topological polar surface area (TPSA) is 146 Å². The number of aromatic carboxylic acids is 1. The minimum atomic E-state index is -3.69. The Morgan fingerprint density at radius 2 is 1.80 bits per heavy atom. The van der Waals surface area contributed by atoms with Gasteiger partial charge in [-0.3, -0.25) is 9.69 Å². The van der Waals surface area contributed by atoms with Crippen LogP contribution in [0.3, 0.4) is 0 Å². The number of β-amino-alcohol motifs (C(OH)–C–C–N with tert-alkyl or cyclic N) is 1. The highest BCUT2D eigenvalue weighted by atomic mass is 32.2. The number of rotatable bonds is 8. The molecule has 2 aromatic rings. The highest BCUT2D eigenvalue weighted by Crippen LogP contribution is 2.22. The van der Waals surface area contributed by atoms with Crippen molar-refractivity contribution in [3.05, 3.63) is 54.1 Å². The Labute approximate surface area is 202 Å². The number of carboxylic acids is 1. The van der Waals surface area contributed by atoms with Gasteiger partial charge in [0.1, 0.15) is 18.0 Å². The number of nitrogens with one attached hydrogen (secondary N) is 1. The first-order chi connectivity index (χ1) is 16.7. The Balaban J connectivity index is 1.32. The van der Waals surface area contributed by atoms with Crippen LogP contribution in [0.4, 0.5) is 5.69 Å². The van der Waals surface area contributed by atoms with Crippen molar-refractivity contribution in [2.24, 2.45) is 0 Å². The van der Waals surface area contributed by atoms with E-state index in [2.05, 4.69) is 5.32 Å². The van der Waals surface area contributed by atoms with E-state index < -0.39 is 28.2 Å². The van der Waals surface area contributed by atoms with E-state index in [4.69, 9.17) is 14.6 Å². The summed E-state index contributed by atoms with van der Waals surface area (Å²) in [5.41, 5.74) is 0.486. The molecule has 2 atom stereocenters. The van der Waals surface area contributed by atoms with E-state index in [1.165, 1.54) is 40.7 Å². The fourth-order valence-electron chi connectivity index (χ4n) is 4.00. The third-order valence-corrected chi connectivity index (χ3v) is 7.69. The molecular weight excluding hydrogens is 478 g/mol. The van der Waals surface area contributed by atoms with E-state index in [1.54, 1.807) is 17.0 Å². The van der Waals surface area contributed by atoms with Crippen LogP contribution in [0, 0.1) is 0 Å². The van der Waals surface area contributed by atoms with Crippen LogP contribution in [-0.2, 0) is 19.6 Å². The number of hydrogen-bond donors (Lipinski definition) is 3. The molecule has 4 rings (SSSR count). The first-order valence-electron chi connectivity index (χ1n) is 11.1. The summed E-state index contributed by atoms with van der Waals surface area (Å²) in [6.07, 6.45) is -1.41. The molecular formula is C23H27N3O8S. The molecule has 0 bridgehead atoms. The second-order valence-electron chi connectivity index (χ2n) is 8.34. The molecule has 2 fully saturated rings. The van der Waals surface area contributed by atoms with Crippen molar-refractivity contribution < 1.29 is 37.7 Å². The fourth-order valence-corrected chi connectivity index (χ4v) is 5.46. The van der Waals surface area contributed by atoms with E-state index in [-0.39, 0.29) is 42.5 Å². The van der Waals surface area contributed by atoms with E-state index in [0.29, 0.717) is 31.2 Å². The maximum atomic E-state index is 12.9. The molecule has 2 aliphatic rings. The van der Waals surface area contributed by atoms with Crippen molar-refractivity contribution in [2.45, 2.75) is 17.1 Å². The second kappa shape index (κ2) is 10.7. The fraction of sp³-hybridized carbons (Fsp3) is 0.391. The molecule has 35 heavy (non-hydrogen) atoms. The molecule has 1 amide bonds. The van der Waals surface area contributed by atoms with Crippen molar-refractivity contribution in [1.82, 2.24) is 9.21 Å². The Morgan fingerprint density at radius 1 is 1.09 bits per heavy atom. The average molecular weight is 506 g/mol. The Hall–Kier alpha value is -3.03. The molecule has 0 radical (unpaired) electrons. The highest BCUT2D eigenvalue weighted by Gasteiger charge is 2.34. The zero-order valence-corrected chi connectivity index (χ0v) is 19.7. The van der Waals surface area contributed by atoms with Gasteiger partial charge >= 0.3 is 5.97 Å². The molecule has 3 N–H and O–H groups in total. The molecule has 12 heteroatoms. The number of benzene rings is 2. The maximum absolute atomic E-state index is 12.9. The lowest BCUT2D eigenvalue weighted by molar-refractivity contribution is -0.117. The Kier molecular flexibility index (Phi) is 7.67.